The van der Waals surface area contributed by atoms with Crippen LogP contribution in [0.25, 0.3) is 0 Å². The molecule has 0 aliphatic carbocycles. The standard InChI is InChI=1S/C13H18N2O4/c1-8(2)7-9(3)14-13(17)10-5-4-6-11(12(10)16)15(18)19/h4-6,8-9,16H,7H2,1-3H3,(H,14,17). The van der Waals surface area contributed by atoms with Crippen LogP contribution in [0.2, 0.25) is 0 Å². The SMILES string of the molecule is CC(C)CC(C)NC(=O)c1cccc([N+](=O)[O-])c1O. The highest BCUT2D eigenvalue weighted by atomic mass is 16.6. The van der Waals surface area contributed by atoms with Crippen LogP contribution in [0.1, 0.15) is 37.6 Å². The van der Waals surface area contributed by atoms with Crippen LogP contribution in [-0.2, 0) is 0 Å². The molecule has 2 N–H and O–H groups in total. The fourth-order valence-corrected chi connectivity index (χ4v) is 1.93. The average Bonchev–Trinajstić information content (AvgIpc) is 2.27. The molecule has 104 valence electrons. The van der Waals surface area contributed by atoms with Crippen LogP contribution >= 0.6 is 0 Å². The number of phenolic OH excluding ortho intramolecular Hbond substituents is 1. The molecule has 0 aliphatic heterocycles. The molecule has 0 bridgehead atoms. The molecule has 6 heteroatoms. The van der Waals surface area contributed by atoms with Crippen molar-refractivity contribution in [2.75, 3.05) is 0 Å². The number of phenols is 1. The summed E-state index contributed by atoms with van der Waals surface area (Å²) in [6.07, 6.45) is 0.793. The third-order valence-electron chi connectivity index (χ3n) is 2.66. The lowest BCUT2D eigenvalue weighted by atomic mass is 10.0. The number of benzene rings is 1. The van der Waals surface area contributed by atoms with E-state index in [1.807, 2.05) is 20.8 Å². The second-order valence-electron chi connectivity index (χ2n) is 4.93. The zero-order chi connectivity index (χ0) is 14.6. The molecule has 0 saturated carbocycles. The molecular weight excluding hydrogens is 248 g/mol. The molecule has 0 aromatic heterocycles. The van der Waals surface area contributed by atoms with Gasteiger partial charge in [0, 0.05) is 12.1 Å². The topological polar surface area (TPSA) is 92.5 Å². The van der Waals surface area contributed by atoms with Crippen molar-refractivity contribution in [2.24, 2.45) is 5.92 Å². The number of amides is 1. The Morgan fingerprint density at radius 3 is 2.58 bits per heavy atom. The highest BCUT2D eigenvalue weighted by Gasteiger charge is 2.21. The number of rotatable bonds is 5. The molecule has 1 atom stereocenters. The van der Waals surface area contributed by atoms with Crippen molar-refractivity contribution in [1.82, 2.24) is 5.32 Å². The van der Waals surface area contributed by atoms with Crippen LogP contribution < -0.4 is 5.32 Å². The van der Waals surface area contributed by atoms with Gasteiger partial charge in [-0.15, -0.1) is 0 Å². The molecule has 1 aromatic carbocycles. The Morgan fingerprint density at radius 2 is 2.05 bits per heavy atom. The van der Waals surface area contributed by atoms with Crippen molar-refractivity contribution in [3.63, 3.8) is 0 Å². The first kappa shape index (κ1) is 14.9. The van der Waals surface area contributed by atoms with Gasteiger partial charge in [-0.3, -0.25) is 14.9 Å². The van der Waals surface area contributed by atoms with E-state index in [9.17, 15) is 20.0 Å². The van der Waals surface area contributed by atoms with Crippen LogP contribution in [0.5, 0.6) is 5.75 Å². The first-order chi connectivity index (χ1) is 8.82. The van der Waals surface area contributed by atoms with Gasteiger partial charge in [0.15, 0.2) is 0 Å². The second kappa shape index (κ2) is 6.17. The number of nitro groups is 1. The van der Waals surface area contributed by atoms with Gasteiger partial charge in [-0.05, 0) is 25.3 Å². The van der Waals surface area contributed by atoms with Crippen molar-refractivity contribution in [3.8, 4) is 5.75 Å². The summed E-state index contributed by atoms with van der Waals surface area (Å²) in [5.41, 5.74) is -0.547. The predicted octanol–water partition coefficient (Wildman–Crippen LogP) is 2.46. The largest absolute Gasteiger partial charge is 0.502 e. The summed E-state index contributed by atoms with van der Waals surface area (Å²) in [5.74, 6) is -0.676. The molecule has 6 nitrogen and oxygen atoms in total. The van der Waals surface area contributed by atoms with Crippen molar-refractivity contribution in [2.45, 2.75) is 33.2 Å². The van der Waals surface area contributed by atoms with Crippen molar-refractivity contribution in [1.29, 1.82) is 0 Å². The van der Waals surface area contributed by atoms with E-state index < -0.39 is 22.3 Å². The lowest BCUT2D eigenvalue weighted by Gasteiger charge is -2.16. The number of hydrogen-bond acceptors (Lipinski definition) is 4. The molecule has 0 saturated heterocycles. The summed E-state index contributed by atoms with van der Waals surface area (Å²) in [6.45, 7) is 5.92. The van der Waals surface area contributed by atoms with E-state index in [4.69, 9.17) is 0 Å². The molecule has 0 fully saturated rings. The van der Waals surface area contributed by atoms with E-state index in [1.165, 1.54) is 12.1 Å². The van der Waals surface area contributed by atoms with E-state index in [0.29, 0.717) is 5.92 Å². The van der Waals surface area contributed by atoms with E-state index in [-0.39, 0.29) is 11.6 Å². The van der Waals surface area contributed by atoms with E-state index in [1.54, 1.807) is 0 Å². The summed E-state index contributed by atoms with van der Waals surface area (Å²) in [6, 6.07) is 3.83. The van der Waals surface area contributed by atoms with E-state index >= 15 is 0 Å². The van der Waals surface area contributed by atoms with Gasteiger partial charge in [0.2, 0.25) is 5.75 Å². The smallest absolute Gasteiger partial charge is 0.311 e. The van der Waals surface area contributed by atoms with Crippen LogP contribution in [0, 0.1) is 16.0 Å². The van der Waals surface area contributed by atoms with Gasteiger partial charge in [-0.2, -0.15) is 0 Å². The van der Waals surface area contributed by atoms with Crippen LogP contribution in [-0.4, -0.2) is 22.0 Å². The summed E-state index contributed by atoms with van der Waals surface area (Å²) in [5, 5.41) is 23.1. The lowest BCUT2D eigenvalue weighted by Crippen LogP contribution is -2.33. The second-order valence-corrected chi connectivity index (χ2v) is 4.93. The van der Waals surface area contributed by atoms with E-state index in [2.05, 4.69) is 5.32 Å². The monoisotopic (exact) mass is 266 g/mol. The van der Waals surface area contributed by atoms with Crippen LogP contribution in [0.3, 0.4) is 0 Å². The van der Waals surface area contributed by atoms with Crippen molar-refractivity contribution in [3.05, 3.63) is 33.9 Å². The molecule has 0 aliphatic rings. The molecule has 19 heavy (non-hydrogen) atoms. The minimum Gasteiger partial charge on any atom is -0.502 e. The molecule has 0 spiro atoms. The van der Waals surface area contributed by atoms with Crippen LogP contribution in [0.4, 0.5) is 5.69 Å². The Balaban J connectivity index is 2.89. The Hall–Kier alpha value is -2.11. The maximum atomic E-state index is 11.9. The Kier molecular flexibility index (Phi) is 4.86. The van der Waals surface area contributed by atoms with Gasteiger partial charge in [0.1, 0.15) is 0 Å². The third-order valence-corrected chi connectivity index (χ3v) is 2.66. The normalized spacial score (nSPS) is 12.2. The molecule has 0 heterocycles. The van der Waals surface area contributed by atoms with Crippen molar-refractivity contribution < 1.29 is 14.8 Å². The minimum absolute atomic E-state index is 0.0637. The molecule has 1 unspecified atom stereocenters. The van der Waals surface area contributed by atoms with Gasteiger partial charge in [-0.25, -0.2) is 0 Å². The fourth-order valence-electron chi connectivity index (χ4n) is 1.93. The molecular formula is C13H18N2O4. The minimum atomic E-state index is -0.719. The Bertz CT molecular complexity index is 486. The lowest BCUT2D eigenvalue weighted by molar-refractivity contribution is -0.385. The number of para-hydroxylation sites is 1. The molecule has 0 radical (unpaired) electrons. The number of aromatic hydroxyl groups is 1. The molecule has 1 amide bonds. The molecule has 1 aromatic rings. The maximum absolute atomic E-state index is 11.9. The zero-order valence-electron chi connectivity index (χ0n) is 11.2. The highest BCUT2D eigenvalue weighted by Crippen LogP contribution is 2.29. The number of nitro benzene ring substituents is 1. The maximum Gasteiger partial charge on any atom is 0.311 e. The number of carbonyl (C=O) groups excluding carboxylic acids is 1. The number of carbonyl (C=O) groups is 1. The molecule has 1 rings (SSSR count). The number of nitrogens with one attached hydrogen (secondary N) is 1. The fraction of sp³-hybridized carbons (Fsp3) is 0.462. The number of hydrogen-bond donors (Lipinski definition) is 2. The summed E-state index contributed by atoms with van der Waals surface area (Å²) >= 11 is 0. The van der Waals surface area contributed by atoms with Gasteiger partial charge in [0.25, 0.3) is 5.91 Å². The van der Waals surface area contributed by atoms with Crippen molar-refractivity contribution >= 4 is 11.6 Å². The number of nitrogens with zero attached hydrogens (tertiary/aromatic N) is 1. The van der Waals surface area contributed by atoms with Gasteiger partial charge < -0.3 is 10.4 Å². The van der Waals surface area contributed by atoms with Crippen LogP contribution in [0.15, 0.2) is 18.2 Å². The van der Waals surface area contributed by atoms with Gasteiger partial charge in [-0.1, -0.05) is 19.9 Å². The van der Waals surface area contributed by atoms with Gasteiger partial charge in [0.05, 0.1) is 10.5 Å². The average molecular weight is 266 g/mol. The third kappa shape index (κ3) is 3.94. The summed E-state index contributed by atoms with van der Waals surface area (Å²) in [4.78, 5) is 21.9. The predicted molar refractivity (Wildman–Crippen MR) is 71.1 cm³/mol. The summed E-state index contributed by atoms with van der Waals surface area (Å²) in [7, 11) is 0. The first-order valence-corrected chi connectivity index (χ1v) is 6.10. The van der Waals surface area contributed by atoms with E-state index in [0.717, 1.165) is 12.5 Å². The first-order valence-electron chi connectivity index (χ1n) is 6.10. The Morgan fingerprint density at radius 1 is 1.42 bits per heavy atom. The highest BCUT2D eigenvalue weighted by molar-refractivity contribution is 5.98. The summed E-state index contributed by atoms with van der Waals surface area (Å²) < 4.78 is 0. The Labute approximate surface area is 111 Å². The zero-order valence-corrected chi connectivity index (χ0v) is 11.2. The van der Waals surface area contributed by atoms with Gasteiger partial charge >= 0.3 is 5.69 Å². The quantitative estimate of drug-likeness (QED) is 0.632.